The molecule has 1 heterocycles. The second kappa shape index (κ2) is 5.52. The third kappa shape index (κ3) is 2.44. The summed E-state index contributed by atoms with van der Waals surface area (Å²) < 4.78 is 5.97. The van der Waals surface area contributed by atoms with Gasteiger partial charge < -0.3 is 15.8 Å². The zero-order valence-corrected chi connectivity index (χ0v) is 12.2. The number of para-hydroxylation sites is 1. The summed E-state index contributed by atoms with van der Waals surface area (Å²) in [5.41, 5.74) is 8.48. The Morgan fingerprint density at radius 3 is 2.80 bits per heavy atom. The molecule has 0 aromatic heterocycles. The van der Waals surface area contributed by atoms with Crippen LogP contribution in [0.15, 0.2) is 36.4 Å². The molecule has 2 aromatic rings. The van der Waals surface area contributed by atoms with Gasteiger partial charge in [0.15, 0.2) is 5.75 Å². The number of ether oxygens (including phenoxy) is 1. The summed E-state index contributed by atoms with van der Waals surface area (Å²) in [7, 11) is 0. The molecule has 104 valence electrons. The number of nitrogens with two attached hydrogens (primary N) is 1. The van der Waals surface area contributed by atoms with E-state index in [4.69, 9.17) is 33.7 Å². The summed E-state index contributed by atoms with van der Waals surface area (Å²) in [5.74, 6) is 0.790. The zero-order chi connectivity index (χ0) is 14.1. The van der Waals surface area contributed by atoms with Crippen LogP contribution in [0.5, 0.6) is 5.75 Å². The first-order valence-corrected chi connectivity index (χ1v) is 7.13. The Labute approximate surface area is 127 Å². The number of anilines is 1. The Morgan fingerprint density at radius 1 is 1.20 bits per heavy atom. The molecule has 5 heteroatoms. The fraction of sp³-hybridized carbons (Fsp3) is 0.200. The maximum absolute atomic E-state index is 6.29. The summed E-state index contributed by atoms with van der Waals surface area (Å²) in [6.45, 7) is 1.18. The molecule has 1 atom stereocenters. The SMILES string of the molecule is NC[C@@H]1CNc2cccc(-c3ccc(Cl)cc3Cl)c2O1. The third-order valence-electron chi connectivity index (χ3n) is 3.30. The largest absolute Gasteiger partial charge is 0.484 e. The predicted octanol–water partition coefficient (Wildman–Crippen LogP) is 3.79. The molecule has 0 aliphatic carbocycles. The van der Waals surface area contributed by atoms with Gasteiger partial charge in [-0.25, -0.2) is 0 Å². The molecule has 3 rings (SSSR count). The van der Waals surface area contributed by atoms with Crippen LogP contribution in [0.25, 0.3) is 11.1 Å². The lowest BCUT2D eigenvalue weighted by Gasteiger charge is -2.28. The highest BCUT2D eigenvalue weighted by atomic mass is 35.5. The van der Waals surface area contributed by atoms with Crippen molar-refractivity contribution in [3.05, 3.63) is 46.4 Å². The van der Waals surface area contributed by atoms with Gasteiger partial charge >= 0.3 is 0 Å². The van der Waals surface area contributed by atoms with Crippen molar-refractivity contribution in [3.63, 3.8) is 0 Å². The number of rotatable bonds is 2. The van der Waals surface area contributed by atoms with Crippen molar-refractivity contribution in [2.75, 3.05) is 18.4 Å². The lowest BCUT2D eigenvalue weighted by atomic mass is 10.0. The van der Waals surface area contributed by atoms with Crippen molar-refractivity contribution in [3.8, 4) is 16.9 Å². The Bertz CT molecular complexity index is 646. The van der Waals surface area contributed by atoms with E-state index in [1.165, 1.54) is 0 Å². The second-order valence-electron chi connectivity index (χ2n) is 4.66. The van der Waals surface area contributed by atoms with Crippen molar-refractivity contribution in [2.24, 2.45) is 5.73 Å². The van der Waals surface area contributed by atoms with E-state index < -0.39 is 0 Å². The second-order valence-corrected chi connectivity index (χ2v) is 5.51. The molecular weight excluding hydrogens is 295 g/mol. The van der Waals surface area contributed by atoms with Crippen molar-refractivity contribution in [1.82, 2.24) is 0 Å². The quantitative estimate of drug-likeness (QED) is 0.887. The van der Waals surface area contributed by atoms with Crippen molar-refractivity contribution in [2.45, 2.75) is 6.10 Å². The van der Waals surface area contributed by atoms with Crippen LogP contribution in [0.2, 0.25) is 10.0 Å². The van der Waals surface area contributed by atoms with E-state index in [9.17, 15) is 0 Å². The van der Waals surface area contributed by atoms with E-state index in [-0.39, 0.29) is 6.10 Å². The molecule has 20 heavy (non-hydrogen) atoms. The molecule has 0 fully saturated rings. The molecule has 0 unspecified atom stereocenters. The van der Waals surface area contributed by atoms with Gasteiger partial charge in [-0.15, -0.1) is 0 Å². The molecule has 3 N–H and O–H groups in total. The smallest absolute Gasteiger partial charge is 0.150 e. The average molecular weight is 309 g/mol. The number of fused-ring (bicyclic) bond motifs is 1. The maximum atomic E-state index is 6.29. The van der Waals surface area contributed by atoms with Crippen molar-refractivity contribution >= 4 is 28.9 Å². The molecular formula is C15H14Cl2N2O. The number of hydrogen-bond acceptors (Lipinski definition) is 3. The van der Waals surface area contributed by atoms with Crippen LogP contribution in [-0.4, -0.2) is 19.2 Å². The molecule has 0 bridgehead atoms. The minimum absolute atomic E-state index is 0.0327. The van der Waals surface area contributed by atoms with Crippen LogP contribution in [-0.2, 0) is 0 Å². The van der Waals surface area contributed by atoms with Crippen LogP contribution in [0, 0.1) is 0 Å². The van der Waals surface area contributed by atoms with Gasteiger partial charge in [0.2, 0.25) is 0 Å². The standard InChI is InChI=1S/C15H14Cl2N2O/c16-9-4-5-11(13(17)6-9)12-2-1-3-14-15(12)20-10(7-18)8-19-14/h1-6,10,19H,7-8,18H2/t10-/m1/s1. The Hall–Kier alpha value is -1.42. The summed E-state index contributed by atoms with van der Waals surface area (Å²) in [6, 6.07) is 11.4. The number of hydrogen-bond donors (Lipinski definition) is 2. The van der Waals surface area contributed by atoms with Crippen LogP contribution in [0.3, 0.4) is 0 Å². The third-order valence-corrected chi connectivity index (χ3v) is 3.85. The molecule has 0 spiro atoms. The van der Waals surface area contributed by atoms with Gasteiger partial charge in [-0.3, -0.25) is 0 Å². The van der Waals surface area contributed by atoms with E-state index in [2.05, 4.69) is 5.32 Å². The van der Waals surface area contributed by atoms with Gasteiger partial charge in [-0.1, -0.05) is 41.4 Å². The first-order chi connectivity index (χ1) is 9.69. The summed E-state index contributed by atoms with van der Waals surface area (Å²) in [6.07, 6.45) is -0.0327. The van der Waals surface area contributed by atoms with Crippen molar-refractivity contribution in [1.29, 1.82) is 0 Å². The lowest BCUT2D eigenvalue weighted by Crippen LogP contribution is -2.37. The van der Waals surface area contributed by atoms with E-state index in [0.29, 0.717) is 23.1 Å². The highest BCUT2D eigenvalue weighted by Crippen LogP contribution is 2.42. The monoisotopic (exact) mass is 308 g/mol. The minimum Gasteiger partial charge on any atom is -0.484 e. The van der Waals surface area contributed by atoms with Gasteiger partial charge in [-0.2, -0.15) is 0 Å². The summed E-state index contributed by atoms with van der Waals surface area (Å²) >= 11 is 12.2. The molecule has 0 saturated heterocycles. The Kier molecular flexibility index (Phi) is 3.74. The van der Waals surface area contributed by atoms with Crippen LogP contribution in [0.1, 0.15) is 0 Å². The van der Waals surface area contributed by atoms with Gasteiger partial charge in [0.25, 0.3) is 0 Å². The first-order valence-electron chi connectivity index (χ1n) is 6.38. The maximum Gasteiger partial charge on any atom is 0.150 e. The van der Waals surface area contributed by atoms with Gasteiger partial charge in [0.05, 0.1) is 17.3 Å². The molecule has 0 radical (unpaired) electrons. The normalized spacial score (nSPS) is 17.1. The van der Waals surface area contributed by atoms with E-state index in [0.717, 1.165) is 22.6 Å². The van der Waals surface area contributed by atoms with E-state index in [1.807, 2.05) is 30.3 Å². The topological polar surface area (TPSA) is 47.3 Å². The zero-order valence-electron chi connectivity index (χ0n) is 10.7. The number of benzene rings is 2. The molecule has 1 aliphatic heterocycles. The predicted molar refractivity (Wildman–Crippen MR) is 83.9 cm³/mol. The van der Waals surface area contributed by atoms with E-state index >= 15 is 0 Å². The molecule has 2 aromatic carbocycles. The summed E-state index contributed by atoms with van der Waals surface area (Å²) in [4.78, 5) is 0. The molecule has 3 nitrogen and oxygen atoms in total. The van der Waals surface area contributed by atoms with Gasteiger partial charge in [0.1, 0.15) is 6.10 Å². The van der Waals surface area contributed by atoms with Gasteiger partial charge in [-0.05, 0) is 18.2 Å². The number of nitrogens with one attached hydrogen (secondary N) is 1. The van der Waals surface area contributed by atoms with Crippen LogP contribution >= 0.6 is 23.2 Å². The fourth-order valence-electron chi connectivity index (χ4n) is 2.29. The first kappa shape index (κ1) is 13.6. The molecule has 0 saturated carbocycles. The fourth-order valence-corrected chi connectivity index (χ4v) is 2.80. The minimum atomic E-state index is -0.0327. The average Bonchev–Trinajstić information content (AvgIpc) is 2.46. The highest BCUT2D eigenvalue weighted by Gasteiger charge is 2.22. The van der Waals surface area contributed by atoms with Crippen LogP contribution < -0.4 is 15.8 Å². The van der Waals surface area contributed by atoms with E-state index in [1.54, 1.807) is 6.07 Å². The molecule has 0 amide bonds. The molecule has 1 aliphatic rings. The summed E-state index contributed by atoms with van der Waals surface area (Å²) in [5, 5.41) is 4.55. The van der Waals surface area contributed by atoms with Gasteiger partial charge in [0, 0.05) is 22.7 Å². The van der Waals surface area contributed by atoms with Crippen molar-refractivity contribution < 1.29 is 4.74 Å². The Morgan fingerprint density at radius 2 is 2.05 bits per heavy atom. The lowest BCUT2D eigenvalue weighted by molar-refractivity contribution is 0.215. The number of halogens is 2. The highest BCUT2D eigenvalue weighted by molar-refractivity contribution is 6.36. The Balaban J connectivity index is 2.10. The van der Waals surface area contributed by atoms with Crippen LogP contribution in [0.4, 0.5) is 5.69 Å².